The van der Waals surface area contributed by atoms with Crippen LogP contribution in [0.5, 0.6) is 0 Å². The first-order chi connectivity index (χ1) is 8.54. The smallest absolute Gasteiger partial charge is 0.359 e. The van der Waals surface area contributed by atoms with E-state index in [1.807, 2.05) is 0 Å². The van der Waals surface area contributed by atoms with Crippen LogP contribution in [-0.4, -0.2) is 47.8 Å². The zero-order valence-electron chi connectivity index (χ0n) is 8.71. The molecule has 0 aliphatic carbocycles. The van der Waals surface area contributed by atoms with Crippen LogP contribution in [0.15, 0.2) is 0 Å². The lowest BCUT2D eigenvalue weighted by molar-refractivity contribution is -0.358. The summed E-state index contributed by atoms with van der Waals surface area (Å²) in [6, 6.07) is 0. The summed E-state index contributed by atoms with van der Waals surface area (Å²) in [6.07, 6.45) is -16.2. The molecule has 0 saturated carbocycles. The molecular formula is C7H4F12O. The number of halogens is 12. The average Bonchev–Trinajstić information content (AvgIpc) is 2.26. The molecule has 0 saturated heterocycles. The van der Waals surface area contributed by atoms with Crippen molar-refractivity contribution >= 4 is 0 Å². The quantitative estimate of drug-likeness (QED) is 0.739. The number of hydrogen-bond acceptors (Lipinski definition) is 1. The summed E-state index contributed by atoms with van der Waals surface area (Å²) < 4.78 is 147. The molecule has 0 fully saturated rings. The van der Waals surface area contributed by atoms with Gasteiger partial charge in [-0.2, -0.15) is 35.1 Å². The Balaban J connectivity index is 5.70. The first-order valence-corrected chi connectivity index (χ1v) is 4.30. The molecule has 20 heavy (non-hydrogen) atoms. The molecule has 13 heteroatoms. The van der Waals surface area contributed by atoms with Gasteiger partial charge >= 0.3 is 30.1 Å². The molecule has 1 N–H and O–H groups in total. The summed E-state index contributed by atoms with van der Waals surface area (Å²) in [5, 5.41) is 7.60. The van der Waals surface area contributed by atoms with Gasteiger partial charge in [-0.1, -0.05) is 0 Å². The van der Waals surface area contributed by atoms with Gasteiger partial charge in [0.15, 0.2) is 0 Å². The number of aliphatic hydroxyl groups is 1. The second kappa shape index (κ2) is 5.15. The Morgan fingerprint density at radius 1 is 0.550 bits per heavy atom. The number of alkyl halides is 12. The predicted molar refractivity (Wildman–Crippen MR) is 37.8 cm³/mol. The molecule has 0 rings (SSSR count). The molecule has 1 nitrogen and oxygen atoms in total. The lowest BCUT2D eigenvalue weighted by Gasteiger charge is -2.35. The van der Waals surface area contributed by atoms with Crippen molar-refractivity contribution < 1.29 is 57.8 Å². The molecule has 0 aliphatic rings. The SMILES string of the molecule is OC(F)C(F)(F)C(F)(F)C(F)C(F)(F)C(F)(F)C(F)F. The van der Waals surface area contributed by atoms with E-state index < -0.39 is 42.6 Å². The van der Waals surface area contributed by atoms with Gasteiger partial charge in [-0.05, 0) is 0 Å². The Morgan fingerprint density at radius 2 is 0.850 bits per heavy atom. The zero-order valence-corrected chi connectivity index (χ0v) is 8.71. The fourth-order valence-corrected chi connectivity index (χ4v) is 0.870. The van der Waals surface area contributed by atoms with Crippen LogP contribution >= 0.6 is 0 Å². The number of hydrogen-bond donors (Lipinski definition) is 1. The average molecular weight is 332 g/mol. The van der Waals surface area contributed by atoms with Gasteiger partial charge in [0, 0.05) is 0 Å². The number of aliphatic hydroxyl groups excluding tert-OH is 1. The second-order valence-electron chi connectivity index (χ2n) is 3.49. The highest BCUT2D eigenvalue weighted by Gasteiger charge is 2.79. The summed E-state index contributed by atoms with van der Waals surface area (Å²) in [5.41, 5.74) is 0. The molecule has 122 valence electrons. The van der Waals surface area contributed by atoms with Gasteiger partial charge < -0.3 is 5.11 Å². The van der Waals surface area contributed by atoms with Gasteiger partial charge in [-0.15, -0.1) is 0 Å². The second-order valence-corrected chi connectivity index (χ2v) is 3.49. The largest absolute Gasteiger partial charge is 0.372 e. The van der Waals surface area contributed by atoms with Gasteiger partial charge in [0.05, 0.1) is 0 Å². The predicted octanol–water partition coefficient (Wildman–Crippen LogP) is 3.42. The van der Waals surface area contributed by atoms with Crippen molar-refractivity contribution in [2.45, 2.75) is 42.6 Å². The highest BCUT2D eigenvalue weighted by molar-refractivity contribution is 5.04. The van der Waals surface area contributed by atoms with E-state index in [2.05, 4.69) is 0 Å². The molecular weight excluding hydrogens is 328 g/mol. The Kier molecular flexibility index (Phi) is 4.92. The van der Waals surface area contributed by atoms with Gasteiger partial charge in [-0.25, -0.2) is 17.6 Å². The van der Waals surface area contributed by atoms with E-state index in [0.29, 0.717) is 0 Å². The Labute approximate surface area is 102 Å². The molecule has 0 spiro atoms. The van der Waals surface area contributed by atoms with Crippen molar-refractivity contribution in [2.24, 2.45) is 0 Å². The summed E-state index contributed by atoms with van der Waals surface area (Å²) >= 11 is 0. The monoisotopic (exact) mass is 332 g/mol. The lowest BCUT2D eigenvalue weighted by Crippen LogP contribution is -2.64. The molecule has 0 aromatic rings. The Bertz CT molecular complexity index is 305. The summed E-state index contributed by atoms with van der Waals surface area (Å²) in [7, 11) is 0. The van der Waals surface area contributed by atoms with Crippen molar-refractivity contribution in [3.63, 3.8) is 0 Å². The fourth-order valence-electron chi connectivity index (χ4n) is 0.870. The van der Waals surface area contributed by atoms with Crippen LogP contribution in [0.3, 0.4) is 0 Å². The third-order valence-electron chi connectivity index (χ3n) is 2.10. The lowest BCUT2D eigenvalue weighted by atomic mass is 9.97. The van der Waals surface area contributed by atoms with Crippen LogP contribution in [-0.2, 0) is 0 Å². The van der Waals surface area contributed by atoms with Crippen molar-refractivity contribution in [3.8, 4) is 0 Å². The van der Waals surface area contributed by atoms with Crippen LogP contribution in [0.25, 0.3) is 0 Å². The molecule has 2 unspecified atom stereocenters. The van der Waals surface area contributed by atoms with E-state index in [-0.39, 0.29) is 0 Å². The maximum Gasteiger partial charge on any atom is 0.372 e. The van der Waals surface area contributed by atoms with Gasteiger partial charge in [0.25, 0.3) is 6.36 Å². The third kappa shape index (κ3) is 2.63. The minimum Gasteiger partial charge on any atom is -0.359 e. The fraction of sp³-hybridized carbons (Fsp3) is 1.00. The highest BCUT2D eigenvalue weighted by atomic mass is 19.4. The minimum atomic E-state index is -6.96. The topological polar surface area (TPSA) is 20.2 Å². The maximum atomic E-state index is 12.6. The van der Waals surface area contributed by atoms with Crippen molar-refractivity contribution in [2.75, 3.05) is 0 Å². The van der Waals surface area contributed by atoms with Gasteiger partial charge in [-0.3, -0.25) is 0 Å². The van der Waals surface area contributed by atoms with E-state index in [1.54, 1.807) is 0 Å². The number of rotatable bonds is 6. The summed E-state index contributed by atoms with van der Waals surface area (Å²) in [4.78, 5) is 0. The molecule has 0 heterocycles. The van der Waals surface area contributed by atoms with Crippen molar-refractivity contribution in [1.29, 1.82) is 0 Å². The van der Waals surface area contributed by atoms with Crippen LogP contribution in [0, 0.1) is 0 Å². The summed E-state index contributed by atoms with van der Waals surface area (Å²) in [6.45, 7) is 0. The molecule has 2 atom stereocenters. The van der Waals surface area contributed by atoms with E-state index in [1.165, 1.54) is 0 Å². The van der Waals surface area contributed by atoms with Crippen LogP contribution in [0.2, 0.25) is 0 Å². The minimum absolute atomic E-state index is 4.90. The Hall–Kier alpha value is -0.880. The molecule has 0 bridgehead atoms. The van der Waals surface area contributed by atoms with Crippen LogP contribution < -0.4 is 0 Å². The maximum absolute atomic E-state index is 12.6. The van der Waals surface area contributed by atoms with Crippen molar-refractivity contribution in [3.05, 3.63) is 0 Å². The molecule has 0 aromatic carbocycles. The summed E-state index contributed by atoms with van der Waals surface area (Å²) in [5.74, 6) is -27.1. The van der Waals surface area contributed by atoms with E-state index in [4.69, 9.17) is 5.11 Å². The van der Waals surface area contributed by atoms with Gasteiger partial charge in [0.1, 0.15) is 0 Å². The first kappa shape index (κ1) is 19.1. The zero-order chi connectivity index (χ0) is 16.7. The van der Waals surface area contributed by atoms with Gasteiger partial charge in [0.2, 0.25) is 6.17 Å². The first-order valence-electron chi connectivity index (χ1n) is 4.30. The van der Waals surface area contributed by atoms with E-state index in [9.17, 15) is 52.7 Å². The van der Waals surface area contributed by atoms with Crippen molar-refractivity contribution in [1.82, 2.24) is 0 Å². The normalized spacial score (nSPS) is 18.3. The molecule has 0 radical (unpaired) electrons. The standard InChI is InChI=1S/C7H4F12O/c8-1(4(12,13)6(16,17)2(9)10)5(14,15)7(18,19)3(11)20/h1-3,20H. The van der Waals surface area contributed by atoms with Crippen LogP contribution in [0.4, 0.5) is 52.7 Å². The Morgan fingerprint density at radius 3 is 1.10 bits per heavy atom. The molecule has 0 amide bonds. The van der Waals surface area contributed by atoms with E-state index in [0.717, 1.165) is 0 Å². The molecule has 0 aliphatic heterocycles. The molecule has 0 aromatic heterocycles. The third-order valence-corrected chi connectivity index (χ3v) is 2.10. The highest BCUT2D eigenvalue weighted by Crippen LogP contribution is 2.51. The van der Waals surface area contributed by atoms with Crippen LogP contribution in [0.1, 0.15) is 0 Å². The van der Waals surface area contributed by atoms with E-state index >= 15 is 0 Å².